The molecule has 1 saturated heterocycles. The highest BCUT2D eigenvalue weighted by molar-refractivity contribution is 5.69. The fraction of sp³-hybridized carbons (Fsp3) is 0.733. The zero-order valence-corrected chi connectivity index (χ0v) is 13.6. The van der Waals surface area contributed by atoms with E-state index in [1.165, 1.54) is 0 Å². The first-order valence-electron chi connectivity index (χ1n) is 7.51. The van der Waals surface area contributed by atoms with Gasteiger partial charge in [0.25, 0.3) is 0 Å². The molecule has 1 N–H and O–H groups in total. The minimum absolute atomic E-state index is 0.153. The van der Waals surface area contributed by atoms with Crippen molar-refractivity contribution in [1.82, 2.24) is 14.7 Å². The molecule has 0 aromatic carbocycles. The Morgan fingerprint density at radius 3 is 2.81 bits per heavy atom. The van der Waals surface area contributed by atoms with Gasteiger partial charge >= 0.3 is 6.09 Å². The number of aromatic nitrogens is 2. The summed E-state index contributed by atoms with van der Waals surface area (Å²) in [5, 5.41) is 7.57. The predicted octanol–water partition coefficient (Wildman–Crippen LogP) is 2.62. The molecule has 0 unspecified atom stereocenters. The van der Waals surface area contributed by atoms with E-state index in [9.17, 15) is 4.79 Å². The van der Waals surface area contributed by atoms with Crippen LogP contribution in [0.2, 0.25) is 0 Å². The first-order valence-corrected chi connectivity index (χ1v) is 7.51. The normalized spacial score (nSPS) is 20.4. The maximum Gasteiger partial charge on any atom is 0.410 e. The van der Waals surface area contributed by atoms with Gasteiger partial charge in [0.15, 0.2) is 0 Å². The minimum atomic E-state index is -0.454. The molecule has 118 valence electrons. The molecule has 0 saturated carbocycles. The third kappa shape index (κ3) is 4.12. The molecule has 2 atom stereocenters. The van der Waals surface area contributed by atoms with Gasteiger partial charge in [-0.25, -0.2) is 4.79 Å². The Morgan fingerprint density at radius 2 is 2.24 bits per heavy atom. The Labute approximate surface area is 126 Å². The van der Waals surface area contributed by atoms with E-state index in [-0.39, 0.29) is 18.2 Å². The Bertz CT molecular complexity index is 492. The van der Waals surface area contributed by atoms with E-state index in [1.807, 2.05) is 38.9 Å². The number of nitrogens with zero attached hydrogens (tertiary/aromatic N) is 3. The Hall–Kier alpha value is -1.72. The third-order valence-electron chi connectivity index (χ3n) is 3.60. The van der Waals surface area contributed by atoms with Crippen LogP contribution in [0.3, 0.4) is 0 Å². The summed E-state index contributed by atoms with van der Waals surface area (Å²) in [4.78, 5) is 14.1. The molecule has 21 heavy (non-hydrogen) atoms. The predicted molar refractivity (Wildman–Crippen MR) is 82.3 cm³/mol. The van der Waals surface area contributed by atoms with Crippen LogP contribution < -0.4 is 5.32 Å². The lowest BCUT2D eigenvalue weighted by Gasteiger charge is -2.32. The van der Waals surface area contributed by atoms with Crippen molar-refractivity contribution in [1.29, 1.82) is 0 Å². The molecule has 1 amide bonds. The quantitative estimate of drug-likeness (QED) is 0.931. The van der Waals surface area contributed by atoms with Gasteiger partial charge in [-0.15, -0.1) is 0 Å². The number of hydrogen-bond donors (Lipinski definition) is 1. The number of rotatable bonds is 3. The second kappa shape index (κ2) is 5.95. The summed E-state index contributed by atoms with van der Waals surface area (Å²) < 4.78 is 7.26. The first kappa shape index (κ1) is 15.7. The maximum absolute atomic E-state index is 12.3. The fourth-order valence-corrected chi connectivity index (χ4v) is 2.71. The lowest BCUT2D eigenvalue weighted by Crippen LogP contribution is -2.46. The topological polar surface area (TPSA) is 59.4 Å². The number of carbonyl (C=O) groups is 1. The highest BCUT2D eigenvalue weighted by atomic mass is 16.6. The van der Waals surface area contributed by atoms with Crippen LogP contribution in [0, 0.1) is 0 Å². The van der Waals surface area contributed by atoms with Gasteiger partial charge in [0, 0.05) is 25.8 Å². The van der Waals surface area contributed by atoms with Crippen LogP contribution in [0.15, 0.2) is 12.4 Å². The van der Waals surface area contributed by atoms with Gasteiger partial charge in [0.2, 0.25) is 0 Å². The standard InChI is InChI=1S/C15H26N4O2/c1-11(17-12-9-16-18(5)10-12)13-7-6-8-19(13)14(20)21-15(2,3)4/h9-11,13,17H,6-8H2,1-5H3/t11-,13-/m1/s1. The molecule has 6 heteroatoms. The van der Waals surface area contributed by atoms with E-state index in [0.717, 1.165) is 25.1 Å². The Kier molecular flexibility index (Phi) is 4.44. The number of carbonyl (C=O) groups excluding carboxylic acids is 1. The Balaban J connectivity index is 1.99. The summed E-state index contributed by atoms with van der Waals surface area (Å²) in [5.41, 5.74) is 0.519. The average Bonchev–Trinajstić information content (AvgIpc) is 2.95. The Morgan fingerprint density at radius 1 is 1.52 bits per heavy atom. The molecule has 1 aromatic heterocycles. The first-order chi connectivity index (χ1) is 9.76. The molecule has 0 bridgehead atoms. The number of likely N-dealkylation sites (tertiary alicyclic amines) is 1. The molecule has 1 aromatic rings. The van der Waals surface area contributed by atoms with Crippen LogP contribution in [0.1, 0.15) is 40.5 Å². The maximum atomic E-state index is 12.3. The third-order valence-corrected chi connectivity index (χ3v) is 3.60. The monoisotopic (exact) mass is 294 g/mol. The number of nitrogens with one attached hydrogen (secondary N) is 1. The summed E-state index contributed by atoms with van der Waals surface area (Å²) in [6, 6.07) is 0.310. The van der Waals surface area contributed by atoms with Crippen molar-refractivity contribution in [3.8, 4) is 0 Å². The van der Waals surface area contributed by atoms with E-state index in [4.69, 9.17) is 4.74 Å². The van der Waals surface area contributed by atoms with Crippen molar-refractivity contribution in [3.05, 3.63) is 12.4 Å². The smallest absolute Gasteiger partial charge is 0.410 e. The van der Waals surface area contributed by atoms with Gasteiger partial charge in [-0.05, 0) is 40.5 Å². The second-order valence-corrected chi connectivity index (χ2v) is 6.72. The van der Waals surface area contributed by atoms with Crippen molar-refractivity contribution >= 4 is 11.8 Å². The number of ether oxygens (including phenoxy) is 1. The van der Waals surface area contributed by atoms with Crippen molar-refractivity contribution in [2.75, 3.05) is 11.9 Å². The van der Waals surface area contributed by atoms with Gasteiger partial charge in [0.05, 0.1) is 17.9 Å². The van der Waals surface area contributed by atoms with Crippen LogP contribution in [-0.4, -0.2) is 45.0 Å². The fourth-order valence-electron chi connectivity index (χ4n) is 2.71. The zero-order valence-electron chi connectivity index (χ0n) is 13.6. The zero-order chi connectivity index (χ0) is 15.6. The molecule has 0 spiro atoms. The van der Waals surface area contributed by atoms with Gasteiger partial charge in [-0.1, -0.05) is 0 Å². The molecule has 0 radical (unpaired) electrons. The lowest BCUT2D eigenvalue weighted by atomic mass is 10.1. The second-order valence-electron chi connectivity index (χ2n) is 6.72. The van der Waals surface area contributed by atoms with Gasteiger partial charge in [0.1, 0.15) is 5.60 Å². The van der Waals surface area contributed by atoms with Crippen molar-refractivity contribution < 1.29 is 9.53 Å². The largest absolute Gasteiger partial charge is 0.444 e. The van der Waals surface area contributed by atoms with E-state index in [2.05, 4.69) is 17.3 Å². The SMILES string of the molecule is C[C@@H](Nc1cnn(C)c1)[C@H]1CCCN1C(=O)OC(C)(C)C. The summed E-state index contributed by atoms with van der Waals surface area (Å²) in [6.07, 6.45) is 5.52. The summed E-state index contributed by atoms with van der Waals surface area (Å²) in [6.45, 7) is 8.55. The molecule has 2 rings (SSSR count). The summed E-state index contributed by atoms with van der Waals surface area (Å²) in [7, 11) is 1.89. The number of aryl methyl sites for hydroxylation is 1. The molecule has 1 fully saturated rings. The van der Waals surface area contributed by atoms with Gasteiger partial charge in [-0.2, -0.15) is 5.10 Å². The highest BCUT2D eigenvalue weighted by Gasteiger charge is 2.35. The van der Waals surface area contributed by atoms with Crippen LogP contribution in [-0.2, 0) is 11.8 Å². The number of anilines is 1. The van der Waals surface area contributed by atoms with Crippen molar-refractivity contribution in [2.24, 2.45) is 7.05 Å². The minimum Gasteiger partial charge on any atom is -0.444 e. The summed E-state index contributed by atoms with van der Waals surface area (Å²) in [5.74, 6) is 0. The molecule has 6 nitrogen and oxygen atoms in total. The van der Waals surface area contributed by atoms with Crippen LogP contribution in [0.25, 0.3) is 0 Å². The van der Waals surface area contributed by atoms with E-state index in [0.29, 0.717) is 0 Å². The molecule has 2 heterocycles. The van der Waals surface area contributed by atoms with Crippen LogP contribution >= 0.6 is 0 Å². The van der Waals surface area contributed by atoms with E-state index >= 15 is 0 Å². The summed E-state index contributed by atoms with van der Waals surface area (Å²) >= 11 is 0. The number of hydrogen-bond acceptors (Lipinski definition) is 4. The van der Waals surface area contributed by atoms with Crippen LogP contribution in [0.5, 0.6) is 0 Å². The molecule has 1 aliphatic rings. The highest BCUT2D eigenvalue weighted by Crippen LogP contribution is 2.24. The average molecular weight is 294 g/mol. The van der Waals surface area contributed by atoms with Gasteiger partial charge < -0.3 is 15.0 Å². The van der Waals surface area contributed by atoms with Gasteiger partial charge in [-0.3, -0.25) is 4.68 Å². The van der Waals surface area contributed by atoms with Crippen molar-refractivity contribution in [2.45, 2.75) is 58.2 Å². The number of amides is 1. The molecular formula is C15H26N4O2. The molecule has 0 aliphatic carbocycles. The van der Waals surface area contributed by atoms with E-state index in [1.54, 1.807) is 10.9 Å². The molecule has 1 aliphatic heterocycles. The van der Waals surface area contributed by atoms with Crippen LogP contribution in [0.4, 0.5) is 10.5 Å². The van der Waals surface area contributed by atoms with Crippen molar-refractivity contribution in [3.63, 3.8) is 0 Å². The lowest BCUT2D eigenvalue weighted by molar-refractivity contribution is 0.0216. The van der Waals surface area contributed by atoms with E-state index < -0.39 is 5.60 Å². The molecular weight excluding hydrogens is 268 g/mol.